The topological polar surface area (TPSA) is 46.5 Å². The number of aliphatic carboxylic acids is 1. The van der Waals surface area contributed by atoms with E-state index in [9.17, 15) is 9.90 Å². The third-order valence-electron chi connectivity index (χ3n) is 3.04. The van der Waals surface area contributed by atoms with Crippen molar-refractivity contribution < 1.29 is 14.6 Å². The summed E-state index contributed by atoms with van der Waals surface area (Å²) >= 11 is 11.8. The minimum Gasteiger partial charge on any atom is -0.478 e. The minimum atomic E-state index is -1.02. The average molecular weight is 325 g/mol. The molecule has 0 aromatic heterocycles. The van der Waals surface area contributed by atoms with Crippen LogP contribution >= 0.6 is 23.2 Å². The van der Waals surface area contributed by atoms with E-state index in [4.69, 9.17) is 27.9 Å². The SMILES string of the molecule is Cc1ccccc1O[C@@H](Cc1ccc(Cl)c(Cl)c1)C(=O)O. The molecular weight excluding hydrogens is 311 g/mol. The van der Waals surface area contributed by atoms with Gasteiger partial charge in [0.25, 0.3) is 0 Å². The van der Waals surface area contributed by atoms with E-state index in [0.717, 1.165) is 11.1 Å². The highest BCUT2D eigenvalue weighted by molar-refractivity contribution is 6.42. The predicted molar refractivity (Wildman–Crippen MR) is 83.4 cm³/mol. The zero-order valence-electron chi connectivity index (χ0n) is 11.3. The fourth-order valence-corrected chi connectivity index (χ4v) is 2.22. The first-order valence-corrected chi connectivity index (χ1v) is 7.12. The molecule has 0 saturated carbocycles. The molecule has 0 spiro atoms. The van der Waals surface area contributed by atoms with Crippen LogP contribution in [0.1, 0.15) is 11.1 Å². The van der Waals surface area contributed by atoms with Crippen LogP contribution in [0.4, 0.5) is 0 Å². The van der Waals surface area contributed by atoms with E-state index in [2.05, 4.69) is 0 Å². The molecule has 0 bridgehead atoms. The quantitative estimate of drug-likeness (QED) is 0.887. The number of hydrogen-bond donors (Lipinski definition) is 1. The first-order valence-electron chi connectivity index (χ1n) is 6.36. The van der Waals surface area contributed by atoms with Gasteiger partial charge in [-0.25, -0.2) is 4.79 Å². The van der Waals surface area contributed by atoms with Crippen molar-refractivity contribution in [3.8, 4) is 5.75 Å². The number of halogens is 2. The lowest BCUT2D eigenvalue weighted by atomic mass is 10.1. The Labute approximate surface area is 133 Å². The number of carboxylic acids is 1. The molecule has 2 aromatic carbocycles. The first kappa shape index (κ1) is 15.7. The summed E-state index contributed by atoms with van der Waals surface area (Å²) in [5.74, 6) is -0.464. The van der Waals surface area contributed by atoms with E-state index in [-0.39, 0.29) is 6.42 Å². The molecule has 0 heterocycles. The zero-order chi connectivity index (χ0) is 15.4. The molecular formula is C16H14Cl2O3. The monoisotopic (exact) mass is 324 g/mol. The molecule has 3 nitrogen and oxygen atoms in total. The molecule has 0 unspecified atom stereocenters. The third kappa shape index (κ3) is 4.13. The van der Waals surface area contributed by atoms with Crippen molar-refractivity contribution in [2.45, 2.75) is 19.4 Å². The van der Waals surface area contributed by atoms with Crippen LogP contribution in [-0.4, -0.2) is 17.2 Å². The Bertz CT molecular complexity index is 656. The second-order valence-corrected chi connectivity index (χ2v) is 5.48. The van der Waals surface area contributed by atoms with Crippen LogP contribution < -0.4 is 4.74 Å². The maximum atomic E-state index is 11.4. The summed E-state index contributed by atoms with van der Waals surface area (Å²) in [7, 11) is 0. The molecule has 5 heteroatoms. The van der Waals surface area contributed by atoms with Crippen LogP contribution in [0, 0.1) is 6.92 Å². The third-order valence-corrected chi connectivity index (χ3v) is 3.78. The molecule has 2 aromatic rings. The Morgan fingerprint density at radius 3 is 2.52 bits per heavy atom. The van der Waals surface area contributed by atoms with Crippen LogP contribution in [0.3, 0.4) is 0 Å². The molecule has 1 N–H and O–H groups in total. The highest BCUT2D eigenvalue weighted by Crippen LogP contribution is 2.24. The van der Waals surface area contributed by atoms with E-state index in [1.54, 1.807) is 30.3 Å². The van der Waals surface area contributed by atoms with Gasteiger partial charge < -0.3 is 9.84 Å². The normalized spacial score (nSPS) is 12.0. The molecule has 1 atom stereocenters. The average Bonchev–Trinajstić information content (AvgIpc) is 2.44. The van der Waals surface area contributed by atoms with Gasteiger partial charge in [0, 0.05) is 6.42 Å². The maximum Gasteiger partial charge on any atom is 0.345 e. The van der Waals surface area contributed by atoms with Gasteiger partial charge in [0.2, 0.25) is 0 Å². The minimum absolute atomic E-state index is 0.209. The summed E-state index contributed by atoms with van der Waals surface area (Å²) in [6, 6.07) is 12.3. The second kappa shape index (κ2) is 6.83. The van der Waals surface area contributed by atoms with E-state index in [1.807, 2.05) is 19.1 Å². The molecule has 0 aliphatic rings. The number of aryl methyl sites for hydroxylation is 1. The van der Waals surface area contributed by atoms with Gasteiger partial charge in [-0.2, -0.15) is 0 Å². The van der Waals surface area contributed by atoms with Gasteiger partial charge in [0.05, 0.1) is 10.0 Å². The lowest BCUT2D eigenvalue weighted by molar-refractivity contribution is -0.145. The number of rotatable bonds is 5. The van der Waals surface area contributed by atoms with Gasteiger partial charge in [-0.3, -0.25) is 0 Å². The zero-order valence-corrected chi connectivity index (χ0v) is 12.9. The van der Waals surface area contributed by atoms with Crippen molar-refractivity contribution in [1.82, 2.24) is 0 Å². The summed E-state index contributed by atoms with van der Waals surface area (Å²) in [5, 5.41) is 10.2. The van der Waals surface area contributed by atoms with E-state index in [0.29, 0.717) is 15.8 Å². The number of carboxylic acid groups (broad SMARTS) is 1. The molecule has 0 aliphatic carbocycles. The standard InChI is InChI=1S/C16H14Cl2O3/c1-10-4-2-3-5-14(10)21-15(16(19)20)9-11-6-7-12(17)13(18)8-11/h2-8,15H,9H2,1H3,(H,19,20)/t15-/m0/s1. The van der Waals surface area contributed by atoms with Gasteiger partial charge in [0.1, 0.15) is 5.75 Å². The summed E-state index contributed by atoms with van der Waals surface area (Å²) in [4.78, 5) is 11.4. The predicted octanol–water partition coefficient (Wildman–Crippen LogP) is 4.38. The molecule has 0 amide bonds. The van der Waals surface area contributed by atoms with Gasteiger partial charge >= 0.3 is 5.97 Å². The van der Waals surface area contributed by atoms with Gasteiger partial charge in [-0.15, -0.1) is 0 Å². The van der Waals surface area contributed by atoms with Crippen molar-refractivity contribution in [1.29, 1.82) is 0 Å². The molecule has 2 rings (SSSR count). The molecule has 21 heavy (non-hydrogen) atoms. The number of hydrogen-bond acceptors (Lipinski definition) is 2. The molecule has 0 radical (unpaired) electrons. The molecule has 110 valence electrons. The summed E-state index contributed by atoms with van der Waals surface area (Å²) in [6.07, 6.45) is -0.774. The summed E-state index contributed by atoms with van der Waals surface area (Å²) in [5.41, 5.74) is 1.64. The Morgan fingerprint density at radius 1 is 1.19 bits per heavy atom. The van der Waals surface area contributed by atoms with Crippen LogP contribution in [-0.2, 0) is 11.2 Å². The summed E-state index contributed by atoms with van der Waals surface area (Å²) in [6.45, 7) is 1.87. The number of para-hydroxylation sites is 1. The number of benzene rings is 2. The molecule has 0 fully saturated rings. The smallest absolute Gasteiger partial charge is 0.345 e. The largest absolute Gasteiger partial charge is 0.478 e. The van der Waals surface area contributed by atoms with Gasteiger partial charge in [0.15, 0.2) is 6.10 Å². The van der Waals surface area contributed by atoms with E-state index >= 15 is 0 Å². The van der Waals surface area contributed by atoms with Gasteiger partial charge in [-0.1, -0.05) is 47.5 Å². The molecule has 0 aliphatic heterocycles. The van der Waals surface area contributed by atoms with E-state index < -0.39 is 12.1 Å². The lowest BCUT2D eigenvalue weighted by Gasteiger charge is -2.17. The van der Waals surface area contributed by atoms with Crippen LogP contribution in [0.15, 0.2) is 42.5 Å². The molecule has 0 saturated heterocycles. The van der Waals surface area contributed by atoms with Crippen molar-refractivity contribution in [2.75, 3.05) is 0 Å². The first-order chi connectivity index (χ1) is 9.97. The van der Waals surface area contributed by atoms with Gasteiger partial charge in [-0.05, 0) is 36.2 Å². The Balaban J connectivity index is 2.18. The van der Waals surface area contributed by atoms with Crippen molar-refractivity contribution in [3.05, 3.63) is 63.6 Å². The fraction of sp³-hybridized carbons (Fsp3) is 0.188. The van der Waals surface area contributed by atoms with Crippen LogP contribution in [0.25, 0.3) is 0 Å². The lowest BCUT2D eigenvalue weighted by Crippen LogP contribution is -2.29. The second-order valence-electron chi connectivity index (χ2n) is 4.66. The number of ether oxygens (including phenoxy) is 1. The highest BCUT2D eigenvalue weighted by atomic mass is 35.5. The van der Waals surface area contributed by atoms with Crippen LogP contribution in [0.5, 0.6) is 5.75 Å². The van der Waals surface area contributed by atoms with Crippen molar-refractivity contribution in [3.63, 3.8) is 0 Å². The Morgan fingerprint density at radius 2 is 1.90 bits per heavy atom. The highest BCUT2D eigenvalue weighted by Gasteiger charge is 2.21. The maximum absolute atomic E-state index is 11.4. The van der Waals surface area contributed by atoms with Crippen LogP contribution in [0.2, 0.25) is 10.0 Å². The Kier molecular flexibility index (Phi) is 5.10. The number of carbonyl (C=O) groups is 1. The van der Waals surface area contributed by atoms with Crippen molar-refractivity contribution >= 4 is 29.2 Å². The van der Waals surface area contributed by atoms with Crippen molar-refractivity contribution in [2.24, 2.45) is 0 Å². The Hall–Kier alpha value is -1.71. The van der Waals surface area contributed by atoms with E-state index in [1.165, 1.54) is 0 Å². The fourth-order valence-electron chi connectivity index (χ4n) is 1.90. The summed E-state index contributed by atoms with van der Waals surface area (Å²) < 4.78 is 5.61.